The third-order valence-corrected chi connectivity index (χ3v) is 4.24. The average molecular weight is 329 g/mol. The molecule has 2 heterocycles. The van der Waals surface area contributed by atoms with E-state index in [0.29, 0.717) is 19.7 Å². The Labute approximate surface area is 136 Å². The molecule has 22 heavy (non-hydrogen) atoms. The first kappa shape index (κ1) is 17.2. The number of morpholine rings is 1. The number of nitrogens with one attached hydrogen (secondary N) is 1. The number of benzene rings is 1. The first-order chi connectivity index (χ1) is 10.2. The van der Waals surface area contributed by atoms with Crippen LogP contribution in [-0.4, -0.2) is 43.6 Å². The van der Waals surface area contributed by atoms with E-state index >= 15 is 0 Å². The molecule has 2 unspecified atom stereocenters. The number of carbonyl (C=O) groups is 1. The average Bonchev–Trinajstić information content (AvgIpc) is 2.55. The summed E-state index contributed by atoms with van der Waals surface area (Å²) in [5.41, 5.74) is 0.800. The molecule has 4 nitrogen and oxygen atoms in total. The highest BCUT2D eigenvalue weighted by atomic mass is 35.5. The highest BCUT2D eigenvalue weighted by Gasteiger charge is 2.30. The maximum atomic E-state index is 13.3. The Kier molecular flexibility index (Phi) is 6.17. The number of hydrogen-bond donors (Lipinski definition) is 1. The Morgan fingerprint density at radius 3 is 3.00 bits per heavy atom. The van der Waals surface area contributed by atoms with Gasteiger partial charge in [-0.25, -0.2) is 4.39 Å². The molecule has 2 aliphatic rings. The summed E-state index contributed by atoms with van der Waals surface area (Å²) in [6.45, 7) is 3.41. The zero-order chi connectivity index (χ0) is 14.7. The monoisotopic (exact) mass is 328 g/mol. The van der Waals surface area contributed by atoms with Crippen LogP contribution >= 0.6 is 12.4 Å². The number of carbonyl (C=O) groups excluding carboxylic acids is 1. The van der Waals surface area contributed by atoms with E-state index in [9.17, 15) is 9.18 Å². The zero-order valence-electron chi connectivity index (χ0n) is 12.5. The van der Waals surface area contributed by atoms with E-state index in [4.69, 9.17) is 4.74 Å². The van der Waals surface area contributed by atoms with Gasteiger partial charge in [-0.1, -0.05) is 12.1 Å². The van der Waals surface area contributed by atoms with Gasteiger partial charge in [0.2, 0.25) is 5.91 Å². The minimum atomic E-state index is -0.268. The van der Waals surface area contributed by atoms with E-state index in [1.165, 1.54) is 12.1 Å². The molecule has 0 bridgehead atoms. The second kappa shape index (κ2) is 7.90. The number of ether oxygens (including phenoxy) is 1. The minimum absolute atomic E-state index is 0. The van der Waals surface area contributed by atoms with Gasteiger partial charge in [0, 0.05) is 13.1 Å². The maximum absolute atomic E-state index is 13.3. The SMILES string of the molecule is Cl.O=C(C1CCCNC1)N1CCOC(c2cccc(F)c2)C1. The number of hydrogen-bond acceptors (Lipinski definition) is 3. The van der Waals surface area contributed by atoms with Crippen molar-refractivity contribution in [1.29, 1.82) is 0 Å². The van der Waals surface area contributed by atoms with Crippen LogP contribution in [0.4, 0.5) is 4.39 Å². The molecule has 0 aliphatic carbocycles. The molecule has 0 aromatic heterocycles. The summed E-state index contributed by atoms with van der Waals surface area (Å²) in [6.07, 6.45) is 1.77. The lowest BCUT2D eigenvalue weighted by molar-refractivity contribution is -0.143. The van der Waals surface area contributed by atoms with Crippen LogP contribution in [0.5, 0.6) is 0 Å². The van der Waals surface area contributed by atoms with Gasteiger partial charge >= 0.3 is 0 Å². The second-order valence-corrected chi connectivity index (χ2v) is 5.74. The van der Waals surface area contributed by atoms with E-state index in [-0.39, 0.29) is 36.2 Å². The molecular weight excluding hydrogens is 307 g/mol. The largest absolute Gasteiger partial charge is 0.370 e. The van der Waals surface area contributed by atoms with Crippen LogP contribution in [0.1, 0.15) is 24.5 Å². The van der Waals surface area contributed by atoms with Crippen molar-refractivity contribution in [1.82, 2.24) is 10.2 Å². The van der Waals surface area contributed by atoms with Crippen LogP contribution in [0, 0.1) is 11.7 Å². The molecule has 1 N–H and O–H groups in total. The summed E-state index contributed by atoms with van der Waals surface area (Å²) in [5.74, 6) is 0.00735. The summed E-state index contributed by atoms with van der Waals surface area (Å²) < 4.78 is 19.0. The predicted octanol–water partition coefficient (Wildman–Crippen LogP) is 2.15. The van der Waals surface area contributed by atoms with Gasteiger partial charge in [-0.2, -0.15) is 0 Å². The Morgan fingerprint density at radius 2 is 2.27 bits per heavy atom. The van der Waals surface area contributed by atoms with E-state index in [0.717, 1.165) is 31.5 Å². The third kappa shape index (κ3) is 3.97. The van der Waals surface area contributed by atoms with Crippen LogP contribution in [0.2, 0.25) is 0 Å². The fourth-order valence-electron chi connectivity index (χ4n) is 3.08. The van der Waals surface area contributed by atoms with Crippen LogP contribution in [-0.2, 0) is 9.53 Å². The molecule has 3 rings (SSSR count). The number of halogens is 2. The molecule has 2 saturated heterocycles. The van der Waals surface area contributed by atoms with E-state index in [2.05, 4.69) is 5.32 Å². The molecule has 6 heteroatoms. The molecule has 1 aromatic carbocycles. The van der Waals surface area contributed by atoms with Crippen molar-refractivity contribution < 1.29 is 13.9 Å². The Balaban J connectivity index is 0.00000176. The fourth-order valence-corrected chi connectivity index (χ4v) is 3.08. The van der Waals surface area contributed by atoms with Crippen molar-refractivity contribution in [3.63, 3.8) is 0 Å². The Hall–Kier alpha value is -1.17. The van der Waals surface area contributed by atoms with Crippen molar-refractivity contribution in [3.05, 3.63) is 35.6 Å². The highest BCUT2D eigenvalue weighted by Crippen LogP contribution is 2.24. The molecule has 2 aliphatic heterocycles. The van der Waals surface area contributed by atoms with Crippen LogP contribution < -0.4 is 5.32 Å². The summed E-state index contributed by atoms with van der Waals surface area (Å²) in [5, 5.41) is 3.28. The lowest BCUT2D eigenvalue weighted by Crippen LogP contribution is -2.48. The lowest BCUT2D eigenvalue weighted by atomic mass is 9.97. The first-order valence-electron chi connectivity index (χ1n) is 7.60. The van der Waals surface area contributed by atoms with Gasteiger partial charge in [0.05, 0.1) is 19.1 Å². The molecule has 1 amide bonds. The molecule has 2 atom stereocenters. The number of rotatable bonds is 2. The summed E-state index contributed by atoms with van der Waals surface area (Å²) in [4.78, 5) is 14.4. The first-order valence-corrected chi connectivity index (χ1v) is 7.60. The predicted molar refractivity (Wildman–Crippen MR) is 84.5 cm³/mol. The molecule has 0 radical (unpaired) electrons. The Morgan fingerprint density at radius 1 is 1.41 bits per heavy atom. The topological polar surface area (TPSA) is 41.6 Å². The minimum Gasteiger partial charge on any atom is -0.370 e. The van der Waals surface area contributed by atoms with Gasteiger partial charge in [0.15, 0.2) is 0 Å². The fraction of sp³-hybridized carbons (Fsp3) is 0.562. The van der Waals surface area contributed by atoms with Gasteiger partial charge in [0.1, 0.15) is 11.9 Å². The molecule has 122 valence electrons. The van der Waals surface area contributed by atoms with Gasteiger partial charge in [-0.3, -0.25) is 4.79 Å². The number of piperidine rings is 1. The van der Waals surface area contributed by atoms with Crippen LogP contribution in [0.15, 0.2) is 24.3 Å². The molecular formula is C16H22ClFN2O2. The number of amides is 1. The number of nitrogens with zero attached hydrogens (tertiary/aromatic N) is 1. The summed E-state index contributed by atoms with van der Waals surface area (Å²) >= 11 is 0. The van der Waals surface area contributed by atoms with Gasteiger partial charge in [-0.15, -0.1) is 12.4 Å². The standard InChI is InChI=1S/C16H21FN2O2.ClH/c17-14-5-1-3-12(9-14)15-11-19(7-8-21-15)16(20)13-4-2-6-18-10-13;/h1,3,5,9,13,15,18H,2,4,6-8,10-11H2;1H. The van der Waals surface area contributed by atoms with Crippen LogP contribution in [0.3, 0.4) is 0 Å². The zero-order valence-corrected chi connectivity index (χ0v) is 13.3. The second-order valence-electron chi connectivity index (χ2n) is 5.74. The molecule has 0 spiro atoms. The van der Waals surface area contributed by atoms with Crippen molar-refractivity contribution in [2.75, 3.05) is 32.8 Å². The molecule has 0 saturated carbocycles. The van der Waals surface area contributed by atoms with E-state index < -0.39 is 0 Å². The molecule has 2 fully saturated rings. The van der Waals surface area contributed by atoms with Gasteiger partial charge < -0.3 is 15.0 Å². The summed E-state index contributed by atoms with van der Waals surface area (Å²) in [7, 11) is 0. The lowest BCUT2D eigenvalue weighted by Gasteiger charge is -2.36. The smallest absolute Gasteiger partial charge is 0.227 e. The third-order valence-electron chi connectivity index (χ3n) is 4.24. The Bertz CT molecular complexity index is 509. The van der Waals surface area contributed by atoms with Gasteiger partial charge in [0.25, 0.3) is 0 Å². The van der Waals surface area contributed by atoms with Crippen LogP contribution in [0.25, 0.3) is 0 Å². The van der Waals surface area contributed by atoms with Crippen molar-refractivity contribution >= 4 is 18.3 Å². The quantitative estimate of drug-likeness (QED) is 0.904. The van der Waals surface area contributed by atoms with E-state index in [1.54, 1.807) is 6.07 Å². The normalized spacial score (nSPS) is 25.4. The van der Waals surface area contributed by atoms with Gasteiger partial charge in [-0.05, 0) is 37.1 Å². The maximum Gasteiger partial charge on any atom is 0.227 e. The highest BCUT2D eigenvalue weighted by molar-refractivity contribution is 5.85. The van der Waals surface area contributed by atoms with E-state index in [1.807, 2.05) is 11.0 Å². The summed E-state index contributed by atoms with van der Waals surface area (Å²) in [6, 6.07) is 6.44. The molecule has 1 aromatic rings. The van der Waals surface area contributed by atoms with Crippen molar-refractivity contribution in [3.8, 4) is 0 Å². The van der Waals surface area contributed by atoms with Crippen molar-refractivity contribution in [2.24, 2.45) is 5.92 Å². The van der Waals surface area contributed by atoms with Crippen molar-refractivity contribution in [2.45, 2.75) is 18.9 Å².